The topological polar surface area (TPSA) is 65.5 Å². The van der Waals surface area contributed by atoms with E-state index in [1.807, 2.05) is 224 Å². The fraction of sp³-hybridized carbons (Fsp3) is 0.154. The van der Waals surface area contributed by atoms with E-state index in [1.54, 1.807) is 0 Å². The molecule has 1 radical (unpaired) electrons. The molecule has 0 saturated carbocycles. The number of aryl methyl sites for hydroxylation is 2. The number of aromatic amines is 1. The van der Waals surface area contributed by atoms with Crippen LogP contribution >= 0.6 is 0 Å². The Morgan fingerprint density at radius 1 is 0.256 bits per heavy atom. The van der Waals surface area contributed by atoms with Crippen LogP contribution < -0.4 is 4.98 Å². The summed E-state index contributed by atoms with van der Waals surface area (Å²) in [7, 11) is 4.15. The average molecular weight is 1790 g/mol. The molecule has 19 aromatic rings. The molecule has 0 amide bonds. The van der Waals surface area contributed by atoms with Gasteiger partial charge in [-0.1, -0.05) is 234 Å². The van der Waals surface area contributed by atoms with Crippen LogP contribution in [0.4, 0.5) is 0 Å². The molecular formula is C117H118N6Zr2-. The fourth-order valence-corrected chi connectivity index (χ4v) is 14.1. The second-order valence-corrected chi connectivity index (χ2v) is 35.1. The van der Waals surface area contributed by atoms with Crippen molar-refractivity contribution in [3.05, 3.63) is 480 Å². The van der Waals surface area contributed by atoms with Crippen LogP contribution in [0.3, 0.4) is 0 Å². The maximum atomic E-state index is 5.19. The first-order chi connectivity index (χ1) is 58.8. The zero-order chi connectivity index (χ0) is 88.0. The van der Waals surface area contributed by atoms with E-state index in [0.717, 1.165) is 95.4 Å². The van der Waals surface area contributed by atoms with Gasteiger partial charge in [0.1, 0.15) is 5.82 Å². The van der Waals surface area contributed by atoms with Crippen molar-refractivity contribution in [1.29, 1.82) is 0 Å². The Bertz CT molecular complexity index is 5900. The molecule has 1 N–H and O–H groups in total. The largest absolute Gasteiger partial charge is 4.00 e. The number of para-hydroxylation sites is 4. The van der Waals surface area contributed by atoms with Gasteiger partial charge >= 0.3 is 52.4 Å². The number of aromatic nitrogens is 6. The van der Waals surface area contributed by atoms with Crippen molar-refractivity contribution in [1.82, 2.24) is 29.1 Å². The average Bonchev–Trinajstić information content (AvgIpc) is 1.33. The molecule has 0 fully saturated rings. The third kappa shape index (κ3) is 26.9. The summed E-state index contributed by atoms with van der Waals surface area (Å²) in [6, 6.07) is 127. The number of nitrogens with one attached hydrogen (secondary N) is 1. The maximum absolute atomic E-state index is 5.19. The summed E-state index contributed by atoms with van der Waals surface area (Å²) < 4.78 is 4.30. The van der Waals surface area contributed by atoms with Gasteiger partial charge in [-0.15, -0.1) is 90.6 Å². The number of rotatable bonds is 4. The van der Waals surface area contributed by atoms with Crippen LogP contribution in [0.1, 0.15) is 144 Å². The van der Waals surface area contributed by atoms with E-state index in [4.69, 9.17) is 15.0 Å². The summed E-state index contributed by atoms with van der Waals surface area (Å²) in [5, 5.41) is 10.1. The summed E-state index contributed by atoms with van der Waals surface area (Å²) in [6.45, 7) is 53.4. The van der Waals surface area contributed by atoms with Gasteiger partial charge in [0.25, 0.3) is 0 Å². The number of fused-ring (bicyclic) bond motifs is 6. The van der Waals surface area contributed by atoms with Crippen LogP contribution in [-0.2, 0) is 88.2 Å². The van der Waals surface area contributed by atoms with E-state index in [1.165, 1.54) is 76.5 Å². The van der Waals surface area contributed by atoms with E-state index >= 15 is 0 Å². The Morgan fingerprint density at radius 2 is 0.528 bits per heavy atom. The van der Waals surface area contributed by atoms with Gasteiger partial charge in [0.2, 0.25) is 0 Å². The first-order valence-electron chi connectivity index (χ1n) is 42.1. The molecule has 625 valence electrons. The molecule has 6 nitrogen and oxygen atoms in total. The SMILES string of the molecule is Cn1c(-c2ccc(-c3c4ccc(C(C)(C)C)cc4cc4ccc(C(C)(C)C)cc34)[n-]2)nc2ccccc21.Cn1c(-c2ccc(-c3c4ccc(C(C)(C)C)cc4cc4ccc(C(C)(C)C)cc34)[nH]2)nc2ccccc21.[CH2-]c1ccccc1.[CH2-]c1ccccc1.[CH2-]c1ccccc1.[CH2-]c1ccccc1.[CH2-]c1ccccc1.[CH2-]c1ccccc1.[CH2-]c1ccccc1.[Zr+3].[Zr+4]. The Hall–Kier alpha value is -12.3. The molecule has 4 heterocycles. The number of hydrogen-bond donors (Lipinski definition) is 1. The Balaban J connectivity index is 0.000000182. The number of nitrogens with zero attached hydrogens (tertiary/aromatic N) is 5. The van der Waals surface area contributed by atoms with Crippen LogP contribution in [-0.4, -0.2) is 24.1 Å². The smallest absolute Gasteiger partial charge is 0.654 e. The predicted octanol–water partition coefficient (Wildman–Crippen LogP) is 31.0. The molecule has 0 bridgehead atoms. The molecule has 19 rings (SSSR count). The molecule has 0 unspecified atom stereocenters. The second-order valence-electron chi connectivity index (χ2n) is 35.1. The van der Waals surface area contributed by atoms with Crippen molar-refractivity contribution < 1.29 is 52.4 Å². The van der Waals surface area contributed by atoms with Gasteiger partial charge in [0.05, 0.1) is 27.8 Å². The van der Waals surface area contributed by atoms with E-state index in [2.05, 4.69) is 305 Å². The van der Waals surface area contributed by atoms with Crippen molar-refractivity contribution in [2.75, 3.05) is 0 Å². The van der Waals surface area contributed by atoms with Crippen LogP contribution in [0.15, 0.2) is 370 Å². The van der Waals surface area contributed by atoms with Crippen LogP contribution in [0.5, 0.6) is 0 Å². The molecule has 15 aromatic carbocycles. The molecule has 125 heavy (non-hydrogen) atoms. The fourth-order valence-electron chi connectivity index (χ4n) is 14.1. The van der Waals surface area contributed by atoms with Gasteiger partial charge in [-0.25, -0.2) is 9.97 Å². The Morgan fingerprint density at radius 3 is 0.848 bits per heavy atom. The number of hydrogen-bond acceptors (Lipinski definition) is 2. The summed E-state index contributed by atoms with van der Waals surface area (Å²) in [6.07, 6.45) is 0. The van der Waals surface area contributed by atoms with Crippen LogP contribution in [0.25, 0.3) is 111 Å². The van der Waals surface area contributed by atoms with Crippen LogP contribution in [0, 0.1) is 48.5 Å². The monoisotopic (exact) mass is 1790 g/mol. The minimum Gasteiger partial charge on any atom is -0.654 e. The number of imidazole rings is 2. The Labute approximate surface area is 784 Å². The molecule has 0 aliphatic carbocycles. The molecular weight excluding hydrogens is 1670 g/mol. The molecule has 0 atom stereocenters. The van der Waals surface area contributed by atoms with Crippen molar-refractivity contribution in [3.63, 3.8) is 0 Å². The summed E-state index contributed by atoms with van der Waals surface area (Å²) >= 11 is 0. The molecule has 0 spiro atoms. The molecule has 0 aliphatic heterocycles. The van der Waals surface area contributed by atoms with Crippen molar-refractivity contribution in [2.24, 2.45) is 14.1 Å². The summed E-state index contributed by atoms with van der Waals surface area (Å²) in [5.41, 5.74) is 23.9. The third-order valence-corrected chi connectivity index (χ3v) is 21.2. The summed E-state index contributed by atoms with van der Waals surface area (Å²) in [4.78, 5) is 18.8. The quantitative estimate of drug-likeness (QED) is 0.141. The minimum atomic E-state index is 0. The van der Waals surface area contributed by atoms with Crippen molar-refractivity contribution >= 4 is 65.2 Å². The summed E-state index contributed by atoms with van der Waals surface area (Å²) in [5.74, 6) is 1.84. The zero-order valence-electron chi connectivity index (χ0n) is 75.4. The molecule has 0 saturated heterocycles. The normalized spacial score (nSPS) is 10.9. The van der Waals surface area contributed by atoms with Gasteiger partial charge < -0.3 is 19.1 Å². The number of benzene rings is 15. The van der Waals surface area contributed by atoms with E-state index in [0.29, 0.717) is 0 Å². The van der Waals surface area contributed by atoms with Crippen LogP contribution in [0.2, 0.25) is 0 Å². The second kappa shape index (κ2) is 44.3. The minimum absolute atomic E-state index is 0. The first-order valence-corrected chi connectivity index (χ1v) is 42.1. The van der Waals surface area contributed by atoms with Crippen molar-refractivity contribution in [2.45, 2.75) is 105 Å². The van der Waals surface area contributed by atoms with E-state index < -0.39 is 0 Å². The van der Waals surface area contributed by atoms with E-state index in [-0.39, 0.29) is 74.1 Å². The third-order valence-electron chi connectivity index (χ3n) is 21.2. The Kier molecular flexibility index (Phi) is 34.2. The molecule has 0 aliphatic rings. The molecule has 8 heteroatoms. The van der Waals surface area contributed by atoms with Gasteiger partial charge in [-0.2, -0.15) is 172 Å². The van der Waals surface area contributed by atoms with Crippen molar-refractivity contribution in [3.8, 4) is 45.6 Å². The predicted molar refractivity (Wildman–Crippen MR) is 532 cm³/mol. The number of H-pyrrole nitrogens is 1. The molecule has 4 aromatic heterocycles. The van der Waals surface area contributed by atoms with Gasteiger partial charge in [0.15, 0.2) is 5.82 Å². The van der Waals surface area contributed by atoms with Gasteiger partial charge in [0, 0.05) is 25.4 Å². The standard InChI is InChI=1S/C34H35N3.C34H34N3.7C7H7.2Zr/c2*1-33(2,3)23-14-15-25-22(19-23)18-21-12-13-24(34(4,5)6)20-26(21)31(25)28-16-17-29(35-28)32-36-27-10-8-9-11-30(27)37(32)7;7*1-7-5-3-2-4-6-7;;/h8-20,35H,1-7H3;8-20H,1-7H3;7*2-6H,1H2;;/q;8*-1;+3;+4. The zero-order valence-corrected chi connectivity index (χ0v) is 80.3. The van der Waals surface area contributed by atoms with Gasteiger partial charge in [-0.3, -0.25) is 0 Å². The first kappa shape index (κ1) is 96.5. The van der Waals surface area contributed by atoms with E-state index in [9.17, 15) is 0 Å². The van der Waals surface area contributed by atoms with Gasteiger partial charge in [-0.05, 0) is 147 Å². The maximum Gasteiger partial charge on any atom is 4.00 e.